The predicted octanol–water partition coefficient (Wildman–Crippen LogP) is 3.96. The van der Waals surface area contributed by atoms with Gasteiger partial charge in [-0.2, -0.15) is 0 Å². The number of carbonyl (C=O) groups excluding carboxylic acids is 2. The maximum Gasteiger partial charge on any atom is 0.246 e. The summed E-state index contributed by atoms with van der Waals surface area (Å²) < 4.78 is 0. The van der Waals surface area contributed by atoms with Gasteiger partial charge in [0.05, 0.1) is 17.5 Å². The Hall–Kier alpha value is -3.28. The van der Waals surface area contributed by atoms with Crippen molar-refractivity contribution in [3.05, 3.63) is 53.9 Å². The second-order valence-electron chi connectivity index (χ2n) is 7.93. The van der Waals surface area contributed by atoms with E-state index in [9.17, 15) is 9.59 Å². The SMILES string of the molecule is CN(C)C(=O)C=Cc1cccc(-c2cnc3[nH]cc(C(=O)C(C)(C)C)c3n2)c1. The van der Waals surface area contributed by atoms with E-state index in [1.54, 1.807) is 32.6 Å². The largest absolute Gasteiger partial charge is 0.345 e. The van der Waals surface area contributed by atoms with Gasteiger partial charge < -0.3 is 9.88 Å². The molecule has 28 heavy (non-hydrogen) atoms. The molecule has 0 radical (unpaired) electrons. The van der Waals surface area contributed by atoms with Crippen molar-refractivity contribution in [2.75, 3.05) is 14.1 Å². The molecule has 0 spiro atoms. The first-order valence-electron chi connectivity index (χ1n) is 9.05. The highest BCUT2D eigenvalue weighted by atomic mass is 16.2. The number of fused-ring (bicyclic) bond motifs is 1. The fourth-order valence-corrected chi connectivity index (χ4v) is 2.73. The average molecular weight is 376 g/mol. The van der Waals surface area contributed by atoms with E-state index >= 15 is 0 Å². The van der Waals surface area contributed by atoms with Gasteiger partial charge in [-0.25, -0.2) is 9.97 Å². The Morgan fingerprint density at radius 3 is 2.61 bits per heavy atom. The number of benzene rings is 1. The van der Waals surface area contributed by atoms with E-state index in [0.717, 1.165) is 11.1 Å². The number of carbonyl (C=O) groups is 2. The van der Waals surface area contributed by atoms with Crippen LogP contribution in [0, 0.1) is 5.41 Å². The molecule has 2 aromatic heterocycles. The lowest BCUT2D eigenvalue weighted by molar-refractivity contribution is -0.123. The number of aromatic nitrogens is 3. The number of Topliss-reactive ketones (excluding diaryl/α,β-unsaturated/α-hetero) is 1. The Labute approximate surface area is 164 Å². The number of hydrogen-bond acceptors (Lipinski definition) is 4. The van der Waals surface area contributed by atoms with Gasteiger partial charge >= 0.3 is 0 Å². The van der Waals surface area contributed by atoms with Crippen LogP contribution >= 0.6 is 0 Å². The van der Waals surface area contributed by atoms with Crippen LogP contribution in [-0.2, 0) is 4.79 Å². The number of amides is 1. The molecular weight excluding hydrogens is 352 g/mol. The third kappa shape index (κ3) is 4.01. The third-order valence-corrected chi connectivity index (χ3v) is 4.35. The zero-order chi connectivity index (χ0) is 20.5. The van der Waals surface area contributed by atoms with Crippen molar-refractivity contribution in [2.45, 2.75) is 20.8 Å². The number of hydrogen-bond donors (Lipinski definition) is 1. The highest BCUT2D eigenvalue weighted by molar-refractivity contribution is 6.08. The Morgan fingerprint density at radius 1 is 1.18 bits per heavy atom. The molecule has 0 bridgehead atoms. The summed E-state index contributed by atoms with van der Waals surface area (Å²) in [6, 6.07) is 7.69. The summed E-state index contributed by atoms with van der Waals surface area (Å²) >= 11 is 0. The van der Waals surface area contributed by atoms with Crippen LogP contribution in [0.3, 0.4) is 0 Å². The van der Waals surface area contributed by atoms with Gasteiger partial charge in [-0.1, -0.05) is 39.0 Å². The summed E-state index contributed by atoms with van der Waals surface area (Å²) in [5.41, 5.74) is 3.62. The molecule has 0 unspecified atom stereocenters. The average Bonchev–Trinajstić information content (AvgIpc) is 3.07. The molecule has 1 aromatic carbocycles. The lowest BCUT2D eigenvalue weighted by atomic mass is 9.87. The molecule has 0 saturated carbocycles. The summed E-state index contributed by atoms with van der Waals surface area (Å²) in [5, 5.41) is 0. The Balaban J connectivity index is 1.99. The quantitative estimate of drug-likeness (QED) is 0.552. The van der Waals surface area contributed by atoms with Gasteiger partial charge in [0.2, 0.25) is 5.91 Å². The minimum Gasteiger partial charge on any atom is -0.345 e. The molecule has 1 amide bonds. The summed E-state index contributed by atoms with van der Waals surface area (Å²) in [6.07, 6.45) is 6.65. The third-order valence-electron chi connectivity index (χ3n) is 4.35. The van der Waals surface area contributed by atoms with Crippen molar-refractivity contribution in [3.63, 3.8) is 0 Å². The van der Waals surface area contributed by atoms with Gasteiger partial charge in [0.1, 0.15) is 5.52 Å². The van der Waals surface area contributed by atoms with E-state index in [-0.39, 0.29) is 11.7 Å². The second-order valence-corrected chi connectivity index (χ2v) is 7.93. The van der Waals surface area contributed by atoms with Crippen LogP contribution in [0.15, 0.2) is 42.7 Å². The number of aromatic amines is 1. The van der Waals surface area contributed by atoms with Crippen LogP contribution in [0.1, 0.15) is 36.7 Å². The Morgan fingerprint density at radius 2 is 1.93 bits per heavy atom. The molecule has 1 N–H and O–H groups in total. The van der Waals surface area contributed by atoms with E-state index in [1.165, 1.54) is 11.0 Å². The van der Waals surface area contributed by atoms with E-state index < -0.39 is 5.41 Å². The molecule has 2 heterocycles. The van der Waals surface area contributed by atoms with Gasteiger partial charge in [0.15, 0.2) is 11.4 Å². The van der Waals surface area contributed by atoms with Crippen molar-refractivity contribution >= 4 is 28.9 Å². The van der Waals surface area contributed by atoms with E-state index in [2.05, 4.69) is 9.97 Å². The molecule has 0 fully saturated rings. The number of likely N-dealkylation sites (N-methyl/N-ethyl adjacent to an activating group) is 1. The van der Waals surface area contributed by atoms with Crippen molar-refractivity contribution in [3.8, 4) is 11.3 Å². The van der Waals surface area contributed by atoms with Gasteiger partial charge in [-0.05, 0) is 17.7 Å². The summed E-state index contributed by atoms with van der Waals surface area (Å²) in [7, 11) is 3.42. The van der Waals surface area contributed by atoms with Gasteiger partial charge in [-0.15, -0.1) is 0 Å². The maximum atomic E-state index is 12.7. The molecule has 3 rings (SSSR count). The summed E-state index contributed by atoms with van der Waals surface area (Å²) in [4.78, 5) is 38.1. The number of ketones is 1. The highest BCUT2D eigenvalue weighted by Crippen LogP contribution is 2.27. The van der Waals surface area contributed by atoms with Crippen molar-refractivity contribution in [2.24, 2.45) is 5.41 Å². The molecule has 0 aliphatic heterocycles. The molecule has 6 heteroatoms. The van der Waals surface area contributed by atoms with Crippen LogP contribution in [0.5, 0.6) is 0 Å². The van der Waals surface area contributed by atoms with Crippen LogP contribution in [-0.4, -0.2) is 45.6 Å². The zero-order valence-corrected chi connectivity index (χ0v) is 16.8. The fraction of sp³-hybridized carbons (Fsp3) is 0.273. The molecule has 0 atom stereocenters. The van der Waals surface area contributed by atoms with Crippen LogP contribution in [0.2, 0.25) is 0 Å². The Bertz CT molecular complexity index is 1070. The second kappa shape index (κ2) is 7.38. The van der Waals surface area contributed by atoms with E-state index in [1.807, 2.05) is 45.0 Å². The van der Waals surface area contributed by atoms with E-state index in [4.69, 9.17) is 4.98 Å². The van der Waals surface area contributed by atoms with Gasteiger partial charge in [0, 0.05) is 37.3 Å². The lowest BCUT2D eigenvalue weighted by Crippen LogP contribution is -2.20. The van der Waals surface area contributed by atoms with Crippen LogP contribution < -0.4 is 0 Å². The molecule has 3 aromatic rings. The lowest BCUT2D eigenvalue weighted by Gasteiger charge is -2.15. The number of rotatable bonds is 4. The van der Waals surface area contributed by atoms with Gasteiger partial charge in [-0.3, -0.25) is 9.59 Å². The first-order valence-corrected chi connectivity index (χ1v) is 9.05. The molecule has 0 aliphatic rings. The summed E-state index contributed by atoms with van der Waals surface area (Å²) in [6.45, 7) is 5.66. The molecule has 6 nitrogen and oxygen atoms in total. The fourth-order valence-electron chi connectivity index (χ4n) is 2.73. The molecule has 0 saturated heterocycles. The zero-order valence-electron chi connectivity index (χ0n) is 16.8. The standard InChI is InChI=1S/C22H24N4O2/c1-22(2,3)20(28)16-12-23-21-19(16)25-17(13-24-21)15-8-6-7-14(11-15)9-10-18(27)26(4)5/h6-13H,1-5H3,(H,23,24). The number of nitrogens with zero attached hydrogens (tertiary/aromatic N) is 3. The van der Waals surface area contributed by atoms with E-state index in [0.29, 0.717) is 22.4 Å². The topological polar surface area (TPSA) is 79.0 Å². The minimum absolute atomic E-state index is 0.0177. The molecular formula is C22H24N4O2. The predicted molar refractivity (Wildman–Crippen MR) is 111 cm³/mol. The first kappa shape index (κ1) is 19.5. The van der Waals surface area contributed by atoms with Crippen molar-refractivity contribution < 1.29 is 9.59 Å². The number of nitrogens with one attached hydrogen (secondary N) is 1. The highest BCUT2D eigenvalue weighted by Gasteiger charge is 2.26. The van der Waals surface area contributed by atoms with Crippen molar-refractivity contribution in [1.82, 2.24) is 19.9 Å². The molecule has 0 aliphatic carbocycles. The summed E-state index contributed by atoms with van der Waals surface area (Å²) in [5.74, 6) is -0.0617. The molecule has 144 valence electrons. The van der Waals surface area contributed by atoms with Crippen LogP contribution in [0.4, 0.5) is 0 Å². The normalized spacial score (nSPS) is 11.9. The minimum atomic E-state index is -0.503. The van der Waals surface area contributed by atoms with Crippen molar-refractivity contribution in [1.29, 1.82) is 0 Å². The number of H-pyrrole nitrogens is 1. The monoisotopic (exact) mass is 376 g/mol. The van der Waals surface area contributed by atoms with Gasteiger partial charge in [0.25, 0.3) is 0 Å². The van der Waals surface area contributed by atoms with Crippen LogP contribution in [0.25, 0.3) is 28.5 Å². The maximum absolute atomic E-state index is 12.7. The smallest absolute Gasteiger partial charge is 0.246 e. The Kier molecular flexibility index (Phi) is 5.14. The first-order chi connectivity index (χ1) is 13.2.